The van der Waals surface area contributed by atoms with E-state index in [-0.39, 0.29) is 18.2 Å². The Kier molecular flexibility index (Phi) is 7.86. The minimum absolute atomic E-state index is 0.217. The number of carbonyl (C=O) groups excluding carboxylic acids is 2. The fraction of sp³-hybridized carbons (Fsp3) is 0.273. The Morgan fingerprint density at radius 1 is 1.13 bits per heavy atom. The second kappa shape index (κ2) is 10.4. The first-order valence-electron chi connectivity index (χ1n) is 9.71. The van der Waals surface area contributed by atoms with Gasteiger partial charge in [-0.25, -0.2) is 4.79 Å². The van der Waals surface area contributed by atoms with E-state index in [4.69, 9.17) is 32.7 Å². The molecule has 9 heteroatoms. The Balaban J connectivity index is 1.86. The van der Waals surface area contributed by atoms with Crippen molar-refractivity contribution < 1.29 is 19.1 Å². The Morgan fingerprint density at radius 3 is 2.58 bits per heavy atom. The minimum atomic E-state index is -0.415. The summed E-state index contributed by atoms with van der Waals surface area (Å²) < 4.78 is 12.4. The summed E-state index contributed by atoms with van der Waals surface area (Å²) in [5, 5.41) is 3.67. The van der Waals surface area contributed by atoms with Crippen LogP contribution in [0.15, 0.2) is 40.5 Å². The first-order chi connectivity index (χ1) is 14.8. The van der Waals surface area contributed by atoms with E-state index in [1.165, 1.54) is 4.90 Å². The van der Waals surface area contributed by atoms with Gasteiger partial charge >= 0.3 is 6.03 Å². The fourth-order valence-corrected chi connectivity index (χ4v) is 4.07. The molecule has 31 heavy (non-hydrogen) atoms. The maximum absolute atomic E-state index is 12.5. The van der Waals surface area contributed by atoms with Crippen LogP contribution in [0.3, 0.4) is 0 Å². The highest BCUT2D eigenvalue weighted by atomic mass is 79.9. The van der Waals surface area contributed by atoms with Gasteiger partial charge in [0.05, 0.1) is 11.1 Å². The van der Waals surface area contributed by atoms with Crippen molar-refractivity contribution in [3.8, 4) is 11.5 Å². The molecule has 1 aliphatic heterocycles. The molecule has 1 aliphatic rings. The average molecular weight is 528 g/mol. The molecule has 0 aromatic heterocycles. The summed E-state index contributed by atoms with van der Waals surface area (Å²) >= 11 is 15.7. The Hall–Kier alpha value is -2.22. The molecule has 1 saturated heterocycles. The second-order valence-electron chi connectivity index (χ2n) is 6.73. The van der Waals surface area contributed by atoms with E-state index in [0.29, 0.717) is 51.2 Å². The van der Waals surface area contributed by atoms with Gasteiger partial charge in [0, 0.05) is 22.2 Å². The molecule has 0 unspecified atom stereocenters. The summed E-state index contributed by atoms with van der Waals surface area (Å²) in [7, 11) is 0. The summed E-state index contributed by atoms with van der Waals surface area (Å²) in [6, 6.07) is 8.33. The molecule has 0 aliphatic carbocycles. The first-order valence-corrected chi connectivity index (χ1v) is 11.3. The molecule has 3 rings (SSSR count). The predicted octanol–water partition coefficient (Wildman–Crippen LogP) is 6.04. The van der Waals surface area contributed by atoms with Crippen LogP contribution in [0.25, 0.3) is 6.08 Å². The van der Waals surface area contributed by atoms with Crippen molar-refractivity contribution in [3.63, 3.8) is 0 Å². The van der Waals surface area contributed by atoms with Crippen LogP contribution >= 0.6 is 39.1 Å². The predicted molar refractivity (Wildman–Crippen MR) is 125 cm³/mol. The van der Waals surface area contributed by atoms with Crippen molar-refractivity contribution in [1.82, 2.24) is 10.2 Å². The van der Waals surface area contributed by atoms with Gasteiger partial charge in [-0.3, -0.25) is 9.69 Å². The normalized spacial score (nSPS) is 14.9. The maximum atomic E-state index is 12.5. The summed E-state index contributed by atoms with van der Waals surface area (Å²) in [4.78, 5) is 25.7. The number of urea groups is 1. The van der Waals surface area contributed by atoms with Crippen molar-refractivity contribution in [1.29, 1.82) is 0 Å². The molecular weight excluding hydrogens is 507 g/mol. The number of amides is 3. The second-order valence-corrected chi connectivity index (χ2v) is 8.43. The van der Waals surface area contributed by atoms with Gasteiger partial charge in [0.1, 0.15) is 12.3 Å². The zero-order valence-corrected chi connectivity index (χ0v) is 20.1. The lowest BCUT2D eigenvalue weighted by molar-refractivity contribution is -0.122. The lowest BCUT2D eigenvalue weighted by Gasteiger charge is -2.15. The standard InChI is InChI=1S/C22H21BrCl2N2O4/c1-3-7-27-21(28)18(26-22(27)29)9-13-8-16(23)20(19(10-13)30-4-2)31-12-14-5-6-15(24)11-17(14)25/h5-6,8-11H,3-4,7,12H2,1-2H3,(H,26,29)/b18-9+. The molecule has 0 atom stereocenters. The molecule has 164 valence electrons. The molecule has 0 bridgehead atoms. The molecule has 1 heterocycles. The highest BCUT2D eigenvalue weighted by Crippen LogP contribution is 2.38. The molecule has 2 aromatic rings. The van der Waals surface area contributed by atoms with Crippen molar-refractivity contribution in [3.05, 3.63) is 61.7 Å². The van der Waals surface area contributed by atoms with E-state index in [2.05, 4.69) is 21.2 Å². The van der Waals surface area contributed by atoms with Crippen molar-refractivity contribution in [2.45, 2.75) is 26.9 Å². The third-order valence-corrected chi connectivity index (χ3v) is 5.62. The summed E-state index contributed by atoms with van der Waals surface area (Å²) in [6.45, 7) is 4.78. The molecule has 3 amide bonds. The van der Waals surface area contributed by atoms with Crippen LogP contribution in [0, 0.1) is 0 Å². The summed E-state index contributed by atoms with van der Waals surface area (Å²) in [5.74, 6) is 0.652. The number of imide groups is 1. The van der Waals surface area contributed by atoms with Crippen LogP contribution in [-0.4, -0.2) is 30.0 Å². The zero-order chi connectivity index (χ0) is 22.5. The van der Waals surface area contributed by atoms with Crippen molar-refractivity contribution in [2.75, 3.05) is 13.2 Å². The van der Waals surface area contributed by atoms with Crippen LogP contribution in [0.1, 0.15) is 31.4 Å². The third kappa shape index (κ3) is 5.53. The molecular formula is C22H21BrCl2N2O4. The zero-order valence-electron chi connectivity index (χ0n) is 17.0. The molecule has 1 fully saturated rings. The number of rotatable bonds is 8. The third-order valence-electron chi connectivity index (χ3n) is 4.44. The SMILES string of the molecule is CCCN1C(=O)N/C(=C/c2cc(Br)c(OCc3ccc(Cl)cc3Cl)c(OCC)c2)C1=O. The molecule has 0 saturated carbocycles. The average Bonchev–Trinajstić information content (AvgIpc) is 2.96. The highest BCUT2D eigenvalue weighted by Gasteiger charge is 2.32. The molecule has 2 aromatic carbocycles. The number of halogens is 3. The lowest BCUT2D eigenvalue weighted by Crippen LogP contribution is -2.31. The lowest BCUT2D eigenvalue weighted by atomic mass is 10.1. The van der Waals surface area contributed by atoms with Gasteiger partial charge in [0.25, 0.3) is 5.91 Å². The quantitative estimate of drug-likeness (QED) is 0.336. The number of hydrogen-bond donors (Lipinski definition) is 1. The molecule has 1 N–H and O–H groups in total. The minimum Gasteiger partial charge on any atom is -0.490 e. The van der Waals surface area contributed by atoms with E-state index in [9.17, 15) is 9.59 Å². The summed E-state index contributed by atoms with van der Waals surface area (Å²) in [6.07, 6.45) is 2.30. The Morgan fingerprint density at radius 2 is 1.90 bits per heavy atom. The van der Waals surface area contributed by atoms with E-state index in [0.717, 1.165) is 5.56 Å². The van der Waals surface area contributed by atoms with Gasteiger partial charge in [0.15, 0.2) is 11.5 Å². The van der Waals surface area contributed by atoms with Gasteiger partial charge in [-0.2, -0.15) is 0 Å². The monoisotopic (exact) mass is 526 g/mol. The highest BCUT2D eigenvalue weighted by molar-refractivity contribution is 9.10. The van der Waals surface area contributed by atoms with Crippen LogP contribution in [-0.2, 0) is 11.4 Å². The van der Waals surface area contributed by atoms with Gasteiger partial charge < -0.3 is 14.8 Å². The first kappa shape index (κ1) is 23.4. The van der Waals surface area contributed by atoms with Gasteiger partial charge in [0.2, 0.25) is 0 Å². The molecule has 0 spiro atoms. The van der Waals surface area contributed by atoms with E-state index < -0.39 is 6.03 Å². The van der Waals surface area contributed by atoms with Crippen LogP contribution in [0.2, 0.25) is 10.0 Å². The van der Waals surface area contributed by atoms with Crippen molar-refractivity contribution >= 4 is 57.1 Å². The van der Waals surface area contributed by atoms with Gasteiger partial charge in [-0.15, -0.1) is 0 Å². The molecule has 0 radical (unpaired) electrons. The van der Waals surface area contributed by atoms with Crippen LogP contribution in [0.5, 0.6) is 11.5 Å². The van der Waals surface area contributed by atoms with Crippen LogP contribution < -0.4 is 14.8 Å². The molecule has 6 nitrogen and oxygen atoms in total. The topological polar surface area (TPSA) is 67.9 Å². The smallest absolute Gasteiger partial charge is 0.329 e. The number of ether oxygens (including phenoxy) is 2. The van der Waals surface area contributed by atoms with E-state index in [1.807, 2.05) is 13.8 Å². The van der Waals surface area contributed by atoms with Gasteiger partial charge in [-0.05, 0) is 65.2 Å². The maximum Gasteiger partial charge on any atom is 0.329 e. The van der Waals surface area contributed by atoms with Crippen molar-refractivity contribution in [2.24, 2.45) is 0 Å². The number of hydrogen-bond acceptors (Lipinski definition) is 4. The van der Waals surface area contributed by atoms with E-state index in [1.54, 1.807) is 36.4 Å². The largest absolute Gasteiger partial charge is 0.490 e. The number of benzene rings is 2. The van der Waals surface area contributed by atoms with Gasteiger partial charge in [-0.1, -0.05) is 36.2 Å². The number of nitrogens with one attached hydrogen (secondary N) is 1. The van der Waals surface area contributed by atoms with Crippen LogP contribution in [0.4, 0.5) is 4.79 Å². The Labute approximate surface area is 199 Å². The fourth-order valence-electron chi connectivity index (χ4n) is 3.03. The number of nitrogens with zero attached hydrogens (tertiary/aromatic N) is 1. The number of carbonyl (C=O) groups is 2. The Bertz CT molecular complexity index is 1040. The summed E-state index contributed by atoms with van der Waals surface area (Å²) in [5.41, 5.74) is 1.67. The van der Waals surface area contributed by atoms with E-state index >= 15 is 0 Å².